The molecule has 0 fully saturated rings. The summed E-state index contributed by atoms with van der Waals surface area (Å²) in [6.45, 7) is 9.76. The molecular weight excluding hydrogens is 318 g/mol. The first-order valence-electron chi connectivity index (χ1n) is 8.47. The molecule has 0 saturated carbocycles. The zero-order valence-electron chi connectivity index (χ0n) is 15.3. The molecule has 136 valence electrons. The second-order valence-electron chi connectivity index (χ2n) is 6.91. The normalized spacial score (nSPS) is 12.5. The Morgan fingerprint density at radius 1 is 1.36 bits per heavy atom. The summed E-state index contributed by atoms with van der Waals surface area (Å²) in [7, 11) is 0. The second-order valence-corrected chi connectivity index (χ2v) is 6.91. The Balaban J connectivity index is 1.95. The topological polar surface area (TPSA) is 81.1 Å². The van der Waals surface area contributed by atoms with Crippen LogP contribution in [-0.2, 0) is 13.1 Å². The fourth-order valence-electron chi connectivity index (χ4n) is 2.35. The van der Waals surface area contributed by atoms with Crippen LogP contribution in [0.15, 0.2) is 37.1 Å². The molecule has 2 aromatic heterocycles. The first kappa shape index (κ1) is 18.8. The van der Waals surface area contributed by atoms with Gasteiger partial charge in [0.05, 0.1) is 19.0 Å². The number of imidazole rings is 1. The van der Waals surface area contributed by atoms with Crippen molar-refractivity contribution in [3.05, 3.63) is 42.6 Å². The maximum Gasteiger partial charge on any atom is 0.315 e. The average molecular weight is 345 g/mol. The summed E-state index contributed by atoms with van der Waals surface area (Å²) in [4.78, 5) is 20.6. The zero-order valence-corrected chi connectivity index (χ0v) is 15.3. The minimum atomic E-state index is -0.216. The Morgan fingerprint density at radius 3 is 2.80 bits per heavy atom. The lowest BCUT2D eigenvalue weighted by Gasteiger charge is -2.31. The maximum atomic E-state index is 12.4. The molecule has 2 N–H and O–H groups in total. The number of hydrogen-bond donors (Lipinski definition) is 2. The van der Waals surface area contributed by atoms with Crippen molar-refractivity contribution in [2.45, 2.75) is 46.8 Å². The number of ether oxygens (including phenoxy) is 1. The van der Waals surface area contributed by atoms with Crippen LogP contribution in [0, 0.1) is 5.41 Å². The van der Waals surface area contributed by atoms with Gasteiger partial charge in [-0.2, -0.15) is 0 Å². The van der Waals surface area contributed by atoms with E-state index in [4.69, 9.17) is 4.74 Å². The monoisotopic (exact) mass is 345 g/mol. The Bertz CT molecular complexity index is 664. The summed E-state index contributed by atoms with van der Waals surface area (Å²) < 4.78 is 7.44. The third kappa shape index (κ3) is 5.77. The molecule has 0 aliphatic rings. The number of carbonyl (C=O) groups is 1. The first-order chi connectivity index (χ1) is 11.9. The van der Waals surface area contributed by atoms with Gasteiger partial charge in [-0.3, -0.25) is 0 Å². The quantitative estimate of drug-likeness (QED) is 0.808. The third-order valence-electron chi connectivity index (χ3n) is 3.87. The molecule has 2 aromatic rings. The maximum absolute atomic E-state index is 12.4. The molecule has 0 saturated heterocycles. The molecule has 7 nitrogen and oxygen atoms in total. The minimum absolute atomic E-state index is 0.0399. The highest BCUT2D eigenvalue weighted by Crippen LogP contribution is 2.21. The van der Waals surface area contributed by atoms with Gasteiger partial charge in [-0.25, -0.2) is 14.8 Å². The summed E-state index contributed by atoms with van der Waals surface area (Å²) in [5.74, 6) is 0.552. The molecule has 0 aromatic carbocycles. The lowest BCUT2D eigenvalue weighted by atomic mass is 9.86. The summed E-state index contributed by atoms with van der Waals surface area (Å²) >= 11 is 0. The number of hydrogen-bond acceptors (Lipinski definition) is 4. The standard InChI is InChI=1S/C18H27N5O2/c1-5-25-16-14(7-6-8-20-16)11-21-17(24)22-15(18(2,3)4)12-23-10-9-19-13-23/h6-10,13,15H,5,11-12H2,1-4H3,(H2,21,22,24)/t15-/m1/s1. The number of aromatic nitrogens is 3. The number of nitrogens with one attached hydrogen (secondary N) is 2. The Kier molecular flexibility index (Phi) is 6.38. The van der Waals surface area contributed by atoms with E-state index in [0.717, 1.165) is 5.56 Å². The van der Waals surface area contributed by atoms with Crippen molar-refractivity contribution >= 4 is 6.03 Å². The van der Waals surface area contributed by atoms with E-state index in [1.807, 2.05) is 29.8 Å². The summed E-state index contributed by atoms with van der Waals surface area (Å²) in [6, 6.07) is 3.47. The predicted molar refractivity (Wildman–Crippen MR) is 96.2 cm³/mol. The molecule has 0 spiro atoms. The van der Waals surface area contributed by atoms with E-state index in [2.05, 4.69) is 41.4 Å². The smallest absolute Gasteiger partial charge is 0.315 e. The molecule has 0 bridgehead atoms. The first-order valence-corrected chi connectivity index (χ1v) is 8.47. The van der Waals surface area contributed by atoms with Gasteiger partial charge in [0.25, 0.3) is 0 Å². The van der Waals surface area contributed by atoms with Gasteiger partial charge in [-0.15, -0.1) is 0 Å². The average Bonchev–Trinajstić information content (AvgIpc) is 3.06. The lowest BCUT2D eigenvalue weighted by molar-refractivity contribution is 0.209. The van der Waals surface area contributed by atoms with Crippen molar-refractivity contribution in [2.24, 2.45) is 5.41 Å². The minimum Gasteiger partial charge on any atom is -0.478 e. The highest BCUT2D eigenvalue weighted by atomic mass is 16.5. The van der Waals surface area contributed by atoms with Crippen molar-refractivity contribution in [3.63, 3.8) is 0 Å². The van der Waals surface area contributed by atoms with Crippen LogP contribution in [0.3, 0.4) is 0 Å². The van der Waals surface area contributed by atoms with E-state index >= 15 is 0 Å². The van der Waals surface area contributed by atoms with Crippen LogP contribution in [0.25, 0.3) is 0 Å². The highest BCUT2D eigenvalue weighted by molar-refractivity contribution is 5.74. The van der Waals surface area contributed by atoms with Gasteiger partial charge < -0.3 is 19.9 Å². The number of carbonyl (C=O) groups excluding carboxylic acids is 1. The molecule has 2 heterocycles. The molecule has 2 amide bonds. The Hall–Kier alpha value is -2.57. The summed E-state index contributed by atoms with van der Waals surface area (Å²) in [6.07, 6.45) is 7.05. The van der Waals surface area contributed by atoms with Crippen LogP contribution in [0.4, 0.5) is 4.79 Å². The number of pyridine rings is 1. The molecular formula is C18H27N5O2. The molecule has 1 atom stereocenters. The van der Waals surface area contributed by atoms with Gasteiger partial charge in [0.1, 0.15) is 0 Å². The largest absolute Gasteiger partial charge is 0.478 e. The zero-order chi connectivity index (χ0) is 18.3. The van der Waals surface area contributed by atoms with E-state index in [1.54, 1.807) is 18.7 Å². The van der Waals surface area contributed by atoms with Gasteiger partial charge in [0.15, 0.2) is 0 Å². The number of rotatable bonds is 7. The SMILES string of the molecule is CCOc1ncccc1CNC(=O)N[C@H](Cn1ccnc1)C(C)(C)C. The third-order valence-corrected chi connectivity index (χ3v) is 3.87. The predicted octanol–water partition coefficient (Wildman–Crippen LogP) is 2.59. The van der Waals surface area contributed by atoms with E-state index in [-0.39, 0.29) is 17.5 Å². The van der Waals surface area contributed by atoms with Crippen LogP contribution in [-0.4, -0.2) is 33.2 Å². The van der Waals surface area contributed by atoms with E-state index in [1.165, 1.54) is 0 Å². The molecule has 0 radical (unpaired) electrons. The van der Waals surface area contributed by atoms with Crippen LogP contribution in [0.1, 0.15) is 33.3 Å². The fourth-order valence-corrected chi connectivity index (χ4v) is 2.35. The van der Waals surface area contributed by atoms with Crippen molar-refractivity contribution in [1.29, 1.82) is 0 Å². The lowest BCUT2D eigenvalue weighted by Crippen LogP contribution is -2.49. The van der Waals surface area contributed by atoms with Crippen LogP contribution >= 0.6 is 0 Å². The van der Waals surface area contributed by atoms with Gasteiger partial charge in [0, 0.05) is 37.2 Å². The molecule has 0 unspecified atom stereocenters. The molecule has 2 rings (SSSR count). The van der Waals surface area contributed by atoms with Crippen molar-refractivity contribution < 1.29 is 9.53 Å². The van der Waals surface area contributed by atoms with Gasteiger partial charge in [0.2, 0.25) is 5.88 Å². The van der Waals surface area contributed by atoms with Gasteiger partial charge >= 0.3 is 6.03 Å². The van der Waals surface area contributed by atoms with Gasteiger partial charge in [-0.1, -0.05) is 26.8 Å². The second kappa shape index (κ2) is 8.50. The molecule has 25 heavy (non-hydrogen) atoms. The Labute approximate surface area is 148 Å². The molecule has 0 aliphatic carbocycles. The number of amides is 2. The molecule has 0 aliphatic heterocycles. The number of nitrogens with zero attached hydrogens (tertiary/aromatic N) is 3. The van der Waals surface area contributed by atoms with E-state index < -0.39 is 0 Å². The van der Waals surface area contributed by atoms with Crippen molar-refractivity contribution in [1.82, 2.24) is 25.2 Å². The van der Waals surface area contributed by atoms with Crippen LogP contribution in [0.2, 0.25) is 0 Å². The number of urea groups is 1. The van der Waals surface area contributed by atoms with Crippen molar-refractivity contribution in [2.75, 3.05) is 6.61 Å². The summed E-state index contributed by atoms with van der Waals surface area (Å²) in [5, 5.41) is 5.94. The van der Waals surface area contributed by atoms with E-state index in [9.17, 15) is 4.79 Å². The fraction of sp³-hybridized carbons (Fsp3) is 0.500. The molecule has 7 heteroatoms. The van der Waals surface area contributed by atoms with Crippen molar-refractivity contribution in [3.8, 4) is 5.88 Å². The van der Waals surface area contributed by atoms with Gasteiger partial charge in [-0.05, 0) is 18.4 Å². The van der Waals surface area contributed by atoms with E-state index in [0.29, 0.717) is 25.6 Å². The highest BCUT2D eigenvalue weighted by Gasteiger charge is 2.26. The Morgan fingerprint density at radius 2 is 2.16 bits per heavy atom. The van der Waals surface area contributed by atoms with Crippen LogP contribution < -0.4 is 15.4 Å². The summed E-state index contributed by atoms with van der Waals surface area (Å²) in [5.41, 5.74) is 0.758. The van der Waals surface area contributed by atoms with Crippen LogP contribution in [0.5, 0.6) is 5.88 Å².